The lowest BCUT2D eigenvalue weighted by molar-refractivity contribution is -0.149. The van der Waals surface area contributed by atoms with E-state index in [2.05, 4.69) is 4.74 Å². The smallest absolute Gasteiger partial charge is 0.309 e. The summed E-state index contributed by atoms with van der Waals surface area (Å²) in [7, 11) is 1.37. The number of hydrogen-bond acceptors (Lipinski definition) is 3. The van der Waals surface area contributed by atoms with E-state index in [1.165, 1.54) is 7.11 Å². The minimum absolute atomic E-state index is 0.184. The van der Waals surface area contributed by atoms with Gasteiger partial charge in [-0.3, -0.25) is 9.59 Å². The summed E-state index contributed by atoms with van der Waals surface area (Å²) in [6.45, 7) is 1.99. The Labute approximate surface area is 72.1 Å². The van der Waals surface area contributed by atoms with Crippen LogP contribution in [-0.2, 0) is 14.3 Å². The van der Waals surface area contributed by atoms with E-state index in [0.717, 1.165) is 6.42 Å². The standard InChI is InChI=1S/C9H14O3/c1-6-3-7(9(11)12-2)5-8(10)4-6/h6-7H,3-5H2,1-2H3/t6-,7-/m1/s1. The summed E-state index contributed by atoms with van der Waals surface area (Å²) in [5.41, 5.74) is 0. The minimum atomic E-state index is -0.241. The highest BCUT2D eigenvalue weighted by molar-refractivity contribution is 5.85. The van der Waals surface area contributed by atoms with Crippen molar-refractivity contribution in [1.29, 1.82) is 0 Å². The molecule has 0 spiro atoms. The molecule has 0 saturated heterocycles. The van der Waals surface area contributed by atoms with Crippen molar-refractivity contribution in [1.82, 2.24) is 0 Å². The van der Waals surface area contributed by atoms with E-state index in [1.807, 2.05) is 6.92 Å². The molecule has 68 valence electrons. The van der Waals surface area contributed by atoms with Gasteiger partial charge in [0.25, 0.3) is 0 Å². The zero-order valence-corrected chi connectivity index (χ0v) is 7.50. The highest BCUT2D eigenvalue weighted by Crippen LogP contribution is 2.26. The van der Waals surface area contributed by atoms with Gasteiger partial charge in [0.2, 0.25) is 0 Å². The predicted molar refractivity (Wildman–Crippen MR) is 43.5 cm³/mol. The number of ether oxygens (including phenoxy) is 1. The molecule has 0 amide bonds. The molecule has 3 heteroatoms. The second-order valence-electron chi connectivity index (χ2n) is 3.51. The number of esters is 1. The number of hydrogen-bond donors (Lipinski definition) is 0. The van der Waals surface area contributed by atoms with Crippen molar-refractivity contribution in [3.8, 4) is 0 Å². The largest absolute Gasteiger partial charge is 0.469 e. The summed E-state index contributed by atoms with van der Waals surface area (Å²) < 4.78 is 4.60. The van der Waals surface area contributed by atoms with Crippen LogP contribution in [0.1, 0.15) is 26.2 Å². The summed E-state index contributed by atoms with van der Waals surface area (Å²) in [5, 5.41) is 0. The van der Waals surface area contributed by atoms with E-state index in [9.17, 15) is 9.59 Å². The molecular weight excluding hydrogens is 156 g/mol. The molecular formula is C9H14O3. The van der Waals surface area contributed by atoms with Gasteiger partial charge in [0.05, 0.1) is 13.0 Å². The summed E-state index contributed by atoms with van der Waals surface area (Å²) in [4.78, 5) is 22.2. The van der Waals surface area contributed by atoms with Crippen LogP contribution in [-0.4, -0.2) is 18.9 Å². The second-order valence-corrected chi connectivity index (χ2v) is 3.51. The minimum Gasteiger partial charge on any atom is -0.469 e. The lowest BCUT2D eigenvalue weighted by Gasteiger charge is -2.23. The molecule has 0 aromatic heterocycles. The topological polar surface area (TPSA) is 43.4 Å². The van der Waals surface area contributed by atoms with E-state index >= 15 is 0 Å². The quantitative estimate of drug-likeness (QED) is 0.555. The van der Waals surface area contributed by atoms with Crippen LogP contribution in [0.4, 0.5) is 0 Å². The van der Waals surface area contributed by atoms with E-state index in [1.54, 1.807) is 0 Å². The molecule has 1 aliphatic carbocycles. The fraction of sp³-hybridized carbons (Fsp3) is 0.778. The Morgan fingerprint density at radius 2 is 2.17 bits per heavy atom. The molecule has 1 aliphatic rings. The van der Waals surface area contributed by atoms with Crippen molar-refractivity contribution in [3.05, 3.63) is 0 Å². The molecule has 3 nitrogen and oxygen atoms in total. The number of carbonyl (C=O) groups is 2. The molecule has 0 N–H and O–H groups in total. The lowest BCUT2D eigenvalue weighted by Crippen LogP contribution is -2.27. The highest BCUT2D eigenvalue weighted by Gasteiger charge is 2.30. The van der Waals surface area contributed by atoms with Gasteiger partial charge in [-0.1, -0.05) is 6.92 Å². The van der Waals surface area contributed by atoms with Crippen LogP contribution in [0.25, 0.3) is 0 Å². The third-order valence-corrected chi connectivity index (χ3v) is 2.27. The van der Waals surface area contributed by atoms with Crippen molar-refractivity contribution < 1.29 is 14.3 Å². The number of rotatable bonds is 1. The van der Waals surface area contributed by atoms with Crippen LogP contribution in [0.5, 0.6) is 0 Å². The summed E-state index contributed by atoms with van der Waals surface area (Å²) in [6, 6.07) is 0. The molecule has 1 fully saturated rings. The van der Waals surface area contributed by atoms with Gasteiger partial charge in [-0.25, -0.2) is 0 Å². The van der Waals surface area contributed by atoms with Gasteiger partial charge < -0.3 is 4.74 Å². The molecule has 0 heterocycles. The molecule has 1 rings (SSSR count). The van der Waals surface area contributed by atoms with Crippen LogP contribution in [0.2, 0.25) is 0 Å². The molecule has 0 aromatic carbocycles. The van der Waals surface area contributed by atoms with Crippen molar-refractivity contribution in [2.24, 2.45) is 11.8 Å². The van der Waals surface area contributed by atoms with Crippen molar-refractivity contribution in [3.63, 3.8) is 0 Å². The van der Waals surface area contributed by atoms with Crippen LogP contribution < -0.4 is 0 Å². The first kappa shape index (κ1) is 9.23. The fourth-order valence-corrected chi connectivity index (χ4v) is 1.75. The molecule has 0 unspecified atom stereocenters. The van der Waals surface area contributed by atoms with Crippen molar-refractivity contribution >= 4 is 11.8 Å². The maximum absolute atomic E-state index is 11.1. The zero-order chi connectivity index (χ0) is 9.14. The summed E-state index contributed by atoms with van der Waals surface area (Å²) in [6.07, 6.45) is 1.78. The molecule has 0 bridgehead atoms. The Morgan fingerprint density at radius 3 is 2.67 bits per heavy atom. The van der Waals surface area contributed by atoms with Gasteiger partial charge in [-0.2, -0.15) is 0 Å². The Hall–Kier alpha value is -0.860. The van der Waals surface area contributed by atoms with Gasteiger partial charge in [0, 0.05) is 12.8 Å². The van der Waals surface area contributed by atoms with Crippen LogP contribution in [0, 0.1) is 11.8 Å². The third-order valence-electron chi connectivity index (χ3n) is 2.27. The summed E-state index contributed by atoms with van der Waals surface area (Å²) >= 11 is 0. The molecule has 0 radical (unpaired) electrons. The Kier molecular flexibility index (Phi) is 2.84. The van der Waals surface area contributed by atoms with Crippen LogP contribution in [0.15, 0.2) is 0 Å². The average Bonchev–Trinajstić information content (AvgIpc) is 2.01. The molecule has 1 saturated carbocycles. The molecule has 12 heavy (non-hydrogen) atoms. The van der Waals surface area contributed by atoms with Gasteiger partial charge in [0.1, 0.15) is 5.78 Å². The fourth-order valence-electron chi connectivity index (χ4n) is 1.75. The van der Waals surface area contributed by atoms with E-state index in [-0.39, 0.29) is 17.7 Å². The molecule has 2 atom stereocenters. The second kappa shape index (κ2) is 3.70. The normalized spacial score (nSPS) is 30.0. The van der Waals surface area contributed by atoms with Gasteiger partial charge in [-0.05, 0) is 12.3 Å². The zero-order valence-electron chi connectivity index (χ0n) is 7.50. The average molecular weight is 170 g/mol. The summed E-state index contributed by atoms with van der Waals surface area (Å²) in [5.74, 6) is 0.0839. The van der Waals surface area contributed by atoms with Gasteiger partial charge in [0.15, 0.2) is 0 Å². The SMILES string of the molecule is COC(=O)[C@H]1CC(=O)C[C@H](C)C1. The Balaban J connectivity index is 2.55. The number of methoxy groups -OCH3 is 1. The van der Waals surface area contributed by atoms with Gasteiger partial charge in [-0.15, -0.1) is 0 Å². The first-order valence-electron chi connectivity index (χ1n) is 4.23. The van der Waals surface area contributed by atoms with Crippen LogP contribution in [0.3, 0.4) is 0 Å². The first-order valence-corrected chi connectivity index (χ1v) is 4.23. The van der Waals surface area contributed by atoms with Gasteiger partial charge >= 0.3 is 5.97 Å². The number of carbonyl (C=O) groups excluding carboxylic acids is 2. The predicted octanol–water partition coefficient (Wildman–Crippen LogP) is 1.16. The number of ketones is 1. The monoisotopic (exact) mass is 170 g/mol. The van der Waals surface area contributed by atoms with Crippen LogP contribution >= 0.6 is 0 Å². The number of Topliss-reactive ketones (excluding diaryl/α,β-unsaturated/α-hetero) is 1. The van der Waals surface area contributed by atoms with E-state index in [0.29, 0.717) is 18.8 Å². The maximum atomic E-state index is 11.1. The van der Waals surface area contributed by atoms with E-state index < -0.39 is 0 Å². The van der Waals surface area contributed by atoms with Crippen molar-refractivity contribution in [2.75, 3.05) is 7.11 Å². The molecule has 0 aromatic rings. The highest BCUT2D eigenvalue weighted by atomic mass is 16.5. The Bertz CT molecular complexity index is 198. The van der Waals surface area contributed by atoms with E-state index in [4.69, 9.17) is 0 Å². The van der Waals surface area contributed by atoms with Crippen molar-refractivity contribution in [2.45, 2.75) is 26.2 Å². The third kappa shape index (κ3) is 2.06. The lowest BCUT2D eigenvalue weighted by atomic mass is 9.82. The maximum Gasteiger partial charge on any atom is 0.309 e. The first-order chi connectivity index (χ1) is 5.63. The Morgan fingerprint density at radius 1 is 1.50 bits per heavy atom. The molecule has 0 aliphatic heterocycles.